The van der Waals surface area contributed by atoms with Gasteiger partial charge in [0.15, 0.2) is 0 Å². The van der Waals surface area contributed by atoms with Crippen LogP contribution in [0.4, 0.5) is 11.8 Å². The van der Waals surface area contributed by atoms with Crippen LogP contribution in [0.3, 0.4) is 0 Å². The molecule has 1 aliphatic carbocycles. The molecule has 16 heavy (non-hydrogen) atoms. The van der Waals surface area contributed by atoms with Crippen LogP contribution in [0.15, 0.2) is 18.2 Å². The lowest BCUT2D eigenvalue weighted by molar-refractivity contribution is 0.250. The highest BCUT2D eigenvalue weighted by molar-refractivity contribution is 6.29. The van der Waals surface area contributed by atoms with Gasteiger partial charge in [-0.05, 0) is 6.42 Å². The van der Waals surface area contributed by atoms with Crippen LogP contribution in [-0.4, -0.2) is 27.7 Å². The van der Waals surface area contributed by atoms with E-state index in [0.29, 0.717) is 11.0 Å². The van der Waals surface area contributed by atoms with E-state index in [1.165, 1.54) is 0 Å². The van der Waals surface area contributed by atoms with Gasteiger partial charge in [-0.15, -0.1) is 0 Å². The highest BCUT2D eigenvalue weighted by Gasteiger charge is 2.18. The van der Waals surface area contributed by atoms with Crippen molar-refractivity contribution < 1.29 is 5.11 Å². The lowest BCUT2D eigenvalue weighted by Crippen LogP contribution is -2.17. The monoisotopic (exact) mass is 240 g/mol. The summed E-state index contributed by atoms with van der Waals surface area (Å²) in [6, 6.07) is 1.78. The SMILES string of the molecule is Nc1nc(Cl)cc(N[C@H]2C=C[C@@H](CO)C2)n1. The lowest BCUT2D eigenvalue weighted by Gasteiger charge is -2.13. The average molecular weight is 241 g/mol. The number of aromatic nitrogens is 2. The molecule has 0 saturated heterocycles. The van der Waals surface area contributed by atoms with Gasteiger partial charge in [0.2, 0.25) is 5.95 Å². The summed E-state index contributed by atoms with van der Waals surface area (Å²) in [5.41, 5.74) is 5.48. The Labute approximate surface area is 98.4 Å². The Morgan fingerprint density at radius 2 is 2.31 bits per heavy atom. The van der Waals surface area contributed by atoms with Gasteiger partial charge in [-0.1, -0.05) is 23.8 Å². The molecule has 1 aromatic rings. The van der Waals surface area contributed by atoms with Crippen molar-refractivity contribution in [1.82, 2.24) is 9.97 Å². The molecule has 2 atom stereocenters. The van der Waals surface area contributed by atoms with Gasteiger partial charge in [0.1, 0.15) is 11.0 Å². The van der Waals surface area contributed by atoms with Crippen LogP contribution in [-0.2, 0) is 0 Å². The first kappa shape index (κ1) is 11.2. The maximum atomic E-state index is 8.99. The molecule has 0 spiro atoms. The van der Waals surface area contributed by atoms with Gasteiger partial charge in [0.05, 0.1) is 0 Å². The molecule has 0 radical (unpaired) electrons. The first-order chi connectivity index (χ1) is 7.67. The third-order valence-electron chi connectivity index (χ3n) is 2.45. The number of rotatable bonds is 3. The first-order valence-electron chi connectivity index (χ1n) is 5.03. The number of aliphatic hydroxyl groups excluding tert-OH is 1. The molecule has 0 aromatic carbocycles. The number of aliphatic hydroxyl groups is 1. The van der Waals surface area contributed by atoms with Crippen molar-refractivity contribution in [3.05, 3.63) is 23.4 Å². The fourth-order valence-electron chi connectivity index (χ4n) is 1.72. The van der Waals surface area contributed by atoms with Crippen molar-refractivity contribution in [1.29, 1.82) is 0 Å². The van der Waals surface area contributed by atoms with Crippen LogP contribution in [0, 0.1) is 5.92 Å². The van der Waals surface area contributed by atoms with E-state index in [1.807, 2.05) is 12.2 Å². The van der Waals surface area contributed by atoms with E-state index in [2.05, 4.69) is 15.3 Å². The van der Waals surface area contributed by atoms with Crippen molar-refractivity contribution in [3.63, 3.8) is 0 Å². The zero-order valence-corrected chi connectivity index (χ0v) is 9.35. The Hall–Kier alpha value is -1.33. The number of nitrogens with one attached hydrogen (secondary N) is 1. The van der Waals surface area contributed by atoms with Crippen molar-refractivity contribution in [2.75, 3.05) is 17.7 Å². The predicted molar refractivity (Wildman–Crippen MR) is 63.2 cm³/mol. The molecule has 86 valence electrons. The number of halogens is 1. The normalized spacial score (nSPS) is 23.6. The van der Waals surface area contributed by atoms with E-state index in [-0.39, 0.29) is 24.5 Å². The molecular formula is C10H13ClN4O. The number of nitrogen functional groups attached to an aromatic ring is 1. The van der Waals surface area contributed by atoms with E-state index in [0.717, 1.165) is 6.42 Å². The third-order valence-corrected chi connectivity index (χ3v) is 2.65. The molecule has 0 unspecified atom stereocenters. The van der Waals surface area contributed by atoms with E-state index in [1.54, 1.807) is 6.07 Å². The van der Waals surface area contributed by atoms with Crippen LogP contribution in [0.25, 0.3) is 0 Å². The largest absolute Gasteiger partial charge is 0.396 e. The summed E-state index contributed by atoms with van der Waals surface area (Å²) in [4.78, 5) is 7.80. The van der Waals surface area contributed by atoms with Gasteiger partial charge in [-0.2, -0.15) is 4.98 Å². The van der Waals surface area contributed by atoms with Gasteiger partial charge in [-0.3, -0.25) is 0 Å². The molecule has 0 fully saturated rings. The average Bonchev–Trinajstić information content (AvgIpc) is 2.64. The van der Waals surface area contributed by atoms with Crippen LogP contribution in [0.1, 0.15) is 6.42 Å². The van der Waals surface area contributed by atoms with Gasteiger partial charge < -0.3 is 16.2 Å². The zero-order valence-electron chi connectivity index (χ0n) is 8.60. The number of hydrogen-bond donors (Lipinski definition) is 3. The molecule has 0 amide bonds. The highest BCUT2D eigenvalue weighted by Crippen LogP contribution is 2.21. The van der Waals surface area contributed by atoms with E-state index in [4.69, 9.17) is 22.4 Å². The fraction of sp³-hybridized carbons (Fsp3) is 0.400. The summed E-state index contributed by atoms with van der Waals surface area (Å²) in [5, 5.41) is 12.5. The predicted octanol–water partition coefficient (Wildman–Crippen LogP) is 1.06. The highest BCUT2D eigenvalue weighted by atomic mass is 35.5. The van der Waals surface area contributed by atoms with E-state index in [9.17, 15) is 0 Å². The molecular weight excluding hydrogens is 228 g/mol. The minimum Gasteiger partial charge on any atom is -0.396 e. The Morgan fingerprint density at radius 1 is 1.50 bits per heavy atom. The first-order valence-corrected chi connectivity index (χ1v) is 5.41. The van der Waals surface area contributed by atoms with E-state index < -0.39 is 0 Å². The molecule has 5 nitrogen and oxygen atoms in total. The molecule has 1 heterocycles. The molecule has 2 rings (SSSR count). The van der Waals surface area contributed by atoms with Crippen LogP contribution in [0.5, 0.6) is 0 Å². The van der Waals surface area contributed by atoms with Crippen LogP contribution >= 0.6 is 11.6 Å². The van der Waals surface area contributed by atoms with E-state index >= 15 is 0 Å². The van der Waals surface area contributed by atoms with Crippen molar-refractivity contribution >= 4 is 23.4 Å². The summed E-state index contributed by atoms with van der Waals surface area (Å²) in [6.45, 7) is 0.168. The van der Waals surface area contributed by atoms with Gasteiger partial charge in [0.25, 0.3) is 0 Å². The molecule has 0 bridgehead atoms. The van der Waals surface area contributed by atoms with Crippen molar-refractivity contribution in [2.45, 2.75) is 12.5 Å². The fourth-order valence-corrected chi connectivity index (χ4v) is 1.91. The molecule has 0 aliphatic heterocycles. The summed E-state index contributed by atoms with van der Waals surface area (Å²) in [6.07, 6.45) is 4.84. The smallest absolute Gasteiger partial charge is 0.223 e. The Balaban J connectivity index is 2.02. The van der Waals surface area contributed by atoms with Crippen molar-refractivity contribution in [3.8, 4) is 0 Å². The number of nitrogens with zero attached hydrogens (tertiary/aromatic N) is 2. The van der Waals surface area contributed by atoms with Crippen LogP contribution in [0.2, 0.25) is 5.15 Å². The molecule has 1 aliphatic rings. The van der Waals surface area contributed by atoms with Gasteiger partial charge in [-0.25, -0.2) is 4.98 Å². The maximum Gasteiger partial charge on any atom is 0.223 e. The Morgan fingerprint density at radius 3 is 2.94 bits per heavy atom. The number of anilines is 2. The summed E-state index contributed by atoms with van der Waals surface area (Å²) in [5.74, 6) is 0.966. The molecule has 1 aromatic heterocycles. The second kappa shape index (κ2) is 4.67. The summed E-state index contributed by atoms with van der Waals surface area (Å²) in [7, 11) is 0. The molecule has 6 heteroatoms. The molecule has 0 saturated carbocycles. The third kappa shape index (κ3) is 2.62. The van der Waals surface area contributed by atoms with Gasteiger partial charge >= 0.3 is 0 Å². The van der Waals surface area contributed by atoms with Crippen molar-refractivity contribution in [2.24, 2.45) is 5.92 Å². The summed E-state index contributed by atoms with van der Waals surface area (Å²) >= 11 is 5.76. The topological polar surface area (TPSA) is 84.1 Å². The van der Waals surface area contributed by atoms with Crippen LogP contribution < -0.4 is 11.1 Å². The maximum absolute atomic E-state index is 8.99. The quantitative estimate of drug-likeness (QED) is 0.544. The molecule has 4 N–H and O–H groups in total. The lowest BCUT2D eigenvalue weighted by atomic mass is 10.1. The zero-order chi connectivity index (χ0) is 11.5. The Bertz CT molecular complexity index is 390. The number of nitrogens with two attached hydrogens (primary N) is 1. The number of hydrogen-bond acceptors (Lipinski definition) is 5. The minimum atomic E-state index is 0.149. The minimum absolute atomic E-state index is 0.149. The Kier molecular flexibility index (Phi) is 3.26. The summed E-state index contributed by atoms with van der Waals surface area (Å²) < 4.78 is 0. The standard InChI is InChI=1S/C10H13ClN4O/c11-8-4-9(15-10(12)14-8)13-7-2-1-6(3-7)5-16/h1-2,4,6-7,16H,3,5H2,(H3,12,13,14,15)/t6-,7+/m1/s1. The second-order valence-corrected chi connectivity index (χ2v) is 4.14. The second-order valence-electron chi connectivity index (χ2n) is 3.75. The van der Waals surface area contributed by atoms with Gasteiger partial charge in [0, 0.05) is 24.6 Å².